The fraction of sp³-hybridized carbons (Fsp3) is 0.286. The summed E-state index contributed by atoms with van der Waals surface area (Å²) in [4.78, 5) is 31.2. The van der Waals surface area contributed by atoms with E-state index in [1.165, 1.54) is 12.1 Å². The summed E-state index contributed by atoms with van der Waals surface area (Å²) in [6.07, 6.45) is 1.53. The number of non-ortho nitro benzene ring substituents is 1. The van der Waals surface area contributed by atoms with Crippen LogP contribution >= 0.6 is 0 Å². The van der Waals surface area contributed by atoms with E-state index in [2.05, 4.69) is 10.2 Å². The Hall–Kier alpha value is -3.88. The first-order chi connectivity index (χ1) is 17.3. The zero-order valence-electron chi connectivity index (χ0n) is 20.1. The molecule has 2 heterocycles. The third-order valence-corrected chi connectivity index (χ3v) is 6.95. The van der Waals surface area contributed by atoms with Gasteiger partial charge in [0.15, 0.2) is 0 Å². The Morgan fingerprint density at radius 3 is 2.47 bits per heavy atom. The molecular formula is C28H28N4O4. The molecule has 184 valence electrons. The van der Waals surface area contributed by atoms with Crippen molar-refractivity contribution in [2.45, 2.75) is 37.8 Å². The topological polar surface area (TPSA) is 108 Å². The zero-order chi connectivity index (χ0) is 25.3. The van der Waals surface area contributed by atoms with Crippen molar-refractivity contribution < 1.29 is 14.8 Å². The number of nitrogens with zero attached hydrogens (tertiary/aromatic N) is 3. The summed E-state index contributed by atoms with van der Waals surface area (Å²) in [6.45, 7) is 4.40. The van der Waals surface area contributed by atoms with Crippen molar-refractivity contribution in [1.82, 2.24) is 4.90 Å². The lowest BCUT2D eigenvalue weighted by Crippen LogP contribution is -2.41. The highest BCUT2D eigenvalue weighted by Gasteiger charge is 2.36. The fourth-order valence-electron chi connectivity index (χ4n) is 4.80. The van der Waals surface area contributed by atoms with Crippen LogP contribution < -0.4 is 5.32 Å². The molecule has 1 unspecified atom stereocenters. The van der Waals surface area contributed by atoms with Gasteiger partial charge in [0.2, 0.25) is 5.91 Å². The maximum atomic E-state index is 13.1. The van der Waals surface area contributed by atoms with E-state index in [4.69, 9.17) is 4.99 Å². The number of carbonyl (C=O) groups is 1. The van der Waals surface area contributed by atoms with Crippen molar-refractivity contribution in [3.8, 4) is 0 Å². The lowest BCUT2D eigenvalue weighted by Gasteiger charge is -2.35. The van der Waals surface area contributed by atoms with Gasteiger partial charge < -0.3 is 10.4 Å². The average Bonchev–Trinajstić information content (AvgIpc) is 3.20. The van der Waals surface area contributed by atoms with Crippen LogP contribution in [0.25, 0.3) is 0 Å². The Balaban J connectivity index is 1.45. The van der Waals surface area contributed by atoms with E-state index in [-0.39, 0.29) is 11.6 Å². The smallest absolute Gasteiger partial charge is 0.269 e. The lowest BCUT2D eigenvalue weighted by molar-refractivity contribution is -0.384. The van der Waals surface area contributed by atoms with Gasteiger partial charge in [-0.05, 0) is 49.1 Å². The number of aliphatic hydroxyl groups is 1. The SMILES string of the molecule is CC1(O)CCN(Cc2ccc(N=C(c3ccccc3)C3C(=O)Nc4ccc([N+](=O)[O-])cc43)cc2)CC1. The first-order valence-corrected chi connectivity index (χ1v) is 12.1. The summed E-state index contributed by atoms with van der Waals surface area (Å²) in [5, 5.41) is 24.4. The van der Waals surface area contributed by atoms with Crippen molar-refractivity contribution in [1.29, 1.82) is 0 Å². The molecule has 2 aliphatic rings. The number of hydrogen-bond acceptors (Lipinski definition) is 6. The van der Waals surface area contributed by atoms with Crippen molar-refractivity contribution >= 4 is 28.7 Å². The second-order valence-corrected chi connectivity index (χ2v) is 9.75. The Labute approximate surface area is 209 Å². The predicted octanol–water partition coefficient (Wildman–Crippen LogP) is 4.80. The molecule has 5 rings (SSSR count). The van der Waals surface area contributed by atoms with Gasteiger partial charge in [-0.25, -0.2) is 0 Å². The molecule has 2 N–H and O–H groups in total. The van der Waals surface area contributed by atoms with Crippen LogP contribution in [0.5, 0.6) is 0 Å². The molecule has 1 atom stereocenters. The molecule has 1 saturated heterocycles. The highest BCUT2D eigenvalue weighted by atomic mass is 16.6. The maximum absolute atomic E-state index is 13.1. The number of anilines is 1. The number of carbonyl (C=O) groups excluding carboxylic acids is 1. The average molecular weight is 485 g/mol. The number of piperidine rings is 1. The van der Waals surface area contributed by atoms with E-state index in [1.807, 2.05) is 61.5 Å². The number of aliphatic imine (C=N–C) groups is 1. The highest BCUT2D eigenvalue weighted by molar-refractivity contribution is 6.24. The molecule has 3 aromatic carbocycles. The molecule has 8 heteroatoms. The van der Waals surface area contributed by atoms with Crippen molar-refractivity contribution in [2.24, 2.45) is 4.99 Å². The molecule has 0 saturated carbocycles. The first-order valence-electron chi connectivity index (χ1n) is 12.1. The van der Waals surface area contributed by atoms with Gasteiger partial charge >= 0.3 is 0 Å². The number of likely N-dealkylation sites (tertiary alicyclic amines) is 1. The zero-order valence-corrected chi connectivity index (χ0v) is 20.1. The van der Waals surface area contributed by atoms with Gasteiger partial charge in [-0.2, -0.15) is 0 Å². The number of fused-ring (bicyclic) bond motifs is 1. The molecule has 0 spiro atoms. The number of benzene rings is 3. The Kier molecular flexibility index (Phi) is 6.38. The third-order valence-electron chi connectivity index (χ3n) is 6.95. The van der Waals surface area contributed by atoms with Crippen LogP contribution in [0.15, 0.2) is 77.8 Å². The normalized spacial score (nSPS) is 19.6. The Bertz CT molecular complexity index is 1310. The largest absolute Gasteiger partial charge is 0.390 e. The molecular weight excluding hydrogens is 456 g/mol. The van der Waals surface area contributed by atoms with E-state index < -0.39 is 16.4 Å². The molecule has 36 heavy (non-hydrogen) atoms. The molecule has 1 fully saturated rings. The number of nitro groups is 1. The van der Waals surface area contributed by atoms with E-state index in [1.54, 1.807) is 6.07 Å². The minimum absolute atomic E-state index is 0.0637. The van der Waals surface area contributed by atoms with E-state index in [0.29, 0.717) is 22.6 Å². The maximum Gasteiger partial charge on any atom is 0.269 e. The summed E-state index contributed by atoms with van der Waals surface area (Å²) >= 11 is 0. The van der Waals surface area contributed by atoms with Gasteiger partial charge in [-0.15, -0.1) is 0 Å². The van der Waals surface area contributed by atoms with Gasteiger partial charge in [-0.1, -0.05) is 42.5 Å². The second-order valence-electron chi connectivity index (χ2n) is 9.75. The van der Waals surface area contributed by atoms with E-state index in [0.717, 1.165) is 43.6 Å². The monoisotopic (exact) mass is 484 g/mol. The quantitative estimate of drug-likeness (QED) is 0.297. The summed E-state index contributed by atoms with van der Waals surface area (Å²) in [5.41, 5.74) is 3.65. The minimum atomic E-state index is -0.761. The van der Waals surface area contributed by atoms with Crippen LogP contribution in [-0.4, -0.2) is 45.2 Å². The van der Waals surface area contributed by atoms with Gasteiger partial charge in [0.25, 0.3) is 5.69 Å². The van der Waals surface area contributed by atoms with Crippen molar-refractivity contribution in [2.75, 3.05) is 18.4 Å². The molecule has 1 amide bonds. The summed E-state index contributed by atoms with van der Waals surface area (Å²) in [6, 6.07) is 21.8. The molecule has 2 aliphatic heterocycles. The van der Waals surface area contributed by atoms with Gasteiger partial charge in [-0.3, -0.25) is 24.8 Å². The lowest BCUT2D eigenvalue weighted by atomic mass is 9.90. The van der Waals surface area contributed by atoms with Crippen molar-refractivity contribution in [3.63, 3.8) is 0 Å². The van der Waals surface area contributed by atoms with Crippen LogP contribution in [0.3, 0.4) is 0 Å². The van der Waals surface area contributed by atoms with Crippen LogP contribution in [0.4, 0.5) is 17.1 Å². The van der Waals surface area contributed by atoms with E-state index >= 15 is 0 Å². The molecule has 3 aromatic rings. The third kappa shape index (κ3) is 5.05. The Morgan fingerprint density at radius 1 is 1.11 bits per heavy atom. The molecule has 0 aliphatic carbocycles. The van der Waals surface area contributed by atoms with Gasteiger partial charge in [0, 0.05) is 43.0 Å². The van der Waals surface area contributed by atoms with Crippen LogP contribution in [0.2, 0.25) is 0 Å². The van der Waals surface area contributed by atoms with Gasteiger partial charge in [0.05, 0.1) is 21.9 Å². The second kappa shape index (κ2) is 9.64. The number of nitrogens with one attached hydrogen (secondary N) is 1. The van der Waals surface area contributed by atoms with Gasteiger partial charge in [0.1, 0.15) is 5.92 Å². The molecule has 0 radical (unpaired) electrons. The number of rotatable bonds is 6. The Morgan fingerprint density at radius 2 is 1.81 bits per heavy atom. The molecule has 0 bridgehead atoms. The first kappa shape index (κ1) is 23.8. The van der Waals surface area contributed by atoms with Crippen LogP contribution in [0, 0.1) is 10.1 Å². The highest BCUT2D eigenvalue weighted by Crippen LogP contribution is 2.38. The predicted molar refractivity (Wildman–Crippen MR) is 139 cm³/mol. The summed E-state index contributed by atoms with van der Waals surface area (Å²) < 4.78 is 0. The molecule has 0 aromatic heterocycles. The molecule has 8 nitrogen and oxygen atoms in total. The summed E-state index contributed by atoms with van der Waals surface area (Å²) in [7, 11) is 0. The minimum Gasteiger partial charge on any atom is -0.390 e. The number of nitro benzene ring substituents is 1. The number of amides is 1. The number of hydrogen-bond donors (Lipinski definition) is 2. The summed E-state index contributed by atoms with van der Waals surface area (Å²) in [5.74, 6) is -1.02. The van der Waals surface area contributed by atoms with Crippen LogP contribution in [-0.2, 0) is 11.3 Å². The van der Waals surface area contributed by atoms with E-state index in [9.17, 15) is 20.0 Å². The standard InChI is InChI=1S/C28H28N4O4/c1-28(34)13-15-31(16-14-28)18-19-7-9-21(10-8-19)29-26(20-5-3-2-4-6-20)25-23-17-22(32(35)36)11-12-24(23)30-27(25)33/h2-12,17,25,34H,13-16,18H2,1H3,(H,30,33). The van der Waals surface area contributed by atoms with Crippen molar-refractivity contribution in [3.05, 3.63) is 99.6 Å². The van der Waals surface area contributed by atoms with Crippen LogP contribution in [0.1, 0.15) is 42.4 Å². The fourth-order valence-corrected chi connectivity index (χ4v) is 4.80.